The number of benzene rings is 7. The number of para-hydroxylation sites is 5. The number of ether oxygens (including phenoxy) is 1. The molecule has 7 aromatic carbocycles. The predicted molar refractivity (Wildman–Crippen MR) is 249 cm³/mol. The van der Waals surface area contributed by atoms with Gasteiger partial charge in [-0.1, -0.05) is 123 Å². The Kier molecular flexibility index (Phi) is 10.1. The fourth-order valence-electron chi connectivity index (χ4n) is 8.92. The number of aryl methyl sites for hydroxylation is 2. The first-order valence-corrected chi connectivity index (χ1v) is 21.0. The maximum atomic E-state index is 6.77. The van der Waals surface area contributed by atoms with Crippen LogP contribution in [0.4, 0.5) is 11.5 Å². The van der Waals surface area contributed by atoms with Crippen LogP contribution in [-0.4, -0.2) is 21.2 Å². The maximum Gasteiger partial charge on any atom is 0.511 e. The molecule has 11 rings (SSSR count). The van der Waals surface area contributed by atoms with Crippen LogP contribution in [-0.2, 0) is 26.5 Å². The summed E-state index contributed by atoms with van der Waals surface area (Å²) >= 11 is 0. The van der Waals surface area contributed by atoms with Gasteiger partial charge in [-0.25, -0.2) is 4.98 Å². The Morgan fingerprint density at radius 3 is 2.19 bits per heavy atom. The van der Waals surface area contributed by atoms with Crippen LogP contribution in [0.5, 0.6) is 17.2 Å². The molecule has 3 aromatic heterocycles. The molecule has 0 aliphatic carbocycles. The molecular formula is C54H42BN5O2Pt-2. The molecule has 1 aliphatic heterocycles. The van der Waals surface area contributed by atoms with E-state index in [1.807, 2.05) is 36.5 Å². The summed E-state index contributed by atoms with van der Waals surface area (Å²) in [5.74, 6) is 2.59. The van der Waals surface area contributed by atoms with Crippen molar-refractivity contribution < 1.29 is 35.0 Å². The molecule has 0 bridgehead atoms. The average molecular weight is 999 g/mol. The van der Waals surface area contributed by atoms with Crippen LogP contribution < -0.4 is 24.2 Å². The quantitative estimate of drug-likeness (QED) is 0.0907. The minimum Gasteiger partial charge on any atom is -0.599 e. The monoisotopic (exact) mass is 998 g/mol. The van der Waals surface area contributed by atoms with E-state index < -0.39 is 7.05 Å². The van der Waals surface area contributed by atoms with Crippen LogP contribution in [0.2, 0.25) is 0 Å². The Balaban J connectivity index is 0.00000471. The second-order valence-electron chi connectivity index (χ2n) is 17.0. The summed E-state index contributed by atoms with van der Waals surface area (Å²) in [5.41, 5.74) is 12.4. The number of imidazole rings is 1. The number of fused-ring (bicyclic) bond motifs is 5. The second-order valence-corrected chi connectivity index (χ2v) is 17.0. The zero-order valence-electron chi connectivity index (χ0n) is 35.5. The molecule has 0 N–H and O–H groups in total. The van der Waals surface area contributed by atoms with Crippen LogP contribution in [0.15, 0.2) is 164 Å². The molecule has 9 heteroatoms. The van der Waals surface area contributed by atoms with E-state index in [1.54, 1.807) is 0 Å². The smallest absolute Gasteiger partial charge is 0.511 e. The van der Waals surface area contributed by atoms with Crippen molar-refractivity contribution in [3.63, 3.8) is 0 Å². The summed E-state index contributed by atoms with van der Waals surface area (Å²) < 4.78 is 20.0. The molecule has 7 nitrogen and oxygen atoms in total. The average Bonchev–Trinajstić information content (AvgIpc) is 3.97. The van der Waals surface area contributed by atoms with Gasteiger partial charge in [0.1, 0.15) is 5.82 Å². The van der Waals surface area contributed by atoms with E-state index in [1.165, 1.54) is 16.3 Å². The predicted octanol–water partition coefficient (Wildman–Crippen LogP) is 11.4. The molecule has 310 valence electrons. The Labute approximate surface area is 382 Å². The van der Waals surface area contributed by atoms with E-state index in [2.05, 4.69) is 199 Å². The van der Waals surface area contributed by atoms with E-state index in [-0.39, 0.29) is 26.5 Å². The molecule has 10 aromatic rings. The topological polar surface area (TPSA) is 48.3 Å². The van der Waals surface area contributed by atoms with Crippen molar-refractivity contribution in [1.82, 2.24) is 14.1 Å². The summed E-state index contributed by atoms with van der Waals surface area (Å²) in [5, 5.41) is 2.37. The molecule has 0 fully saturated rings. The third-order valence-electron chi connectivity index (χ3n) is 11.9. The fraction of sp³-hybridized carbons (Fsp3) is 0.111. The van der Waals surface area contributed by atoms with Gasteiger partial charge in [-0.3, -0.25) is 4.57 Å². The van der Waals surface area contributed by atoms with Gasteiger partial charge in [0.05, 0.1) is 27.8 Å². The van der Waals surface area contributed by atoms with Crippen molar-refractivity contribution in [1.29, 1.82) is 0 Å². The number of nitrogens with zero attached hydrogens (tertiary/aromatic N) is 5. The van der Waals surface area contributed by atoms with Gasteiger partial charge in [-0.05, 0) is 78.1 Å². The van der Waals surface area contributed by atoms with Gasteiger partial charge in [0.2, 0.25) is 0 Å². The number of hydrogen-bond acceptors (Lipinski definition) is 4. The Bertz CT molecular complexity index is 3330. The van der Waals surface area contributed by atoms with E-state index in [0.29, 0.717) is 17.2 Å². The van der Waals surface area contributed by atoms with Crippen molar-refractivity contribution in [2.24, 2.45) is 0 Å². The van der Waals surface area contributed by atoms with Crippen LogP contribution in [0.25, 0.3) is 49.9 Å². The summed E-state index contributed by atoms with van der Waals surface area (Å²) in [7, 11) is -0.431. The molecular weight excluding hydrogens is 957 g/mol. The van der Waals surface area contributed by atoms with Gasteiger partial charge in [0, 0.05) is 61.0 Å². The minimum absolute atomic E-state index is 0. The SMILES string of the molecule is Cc1cccc(C)c1B1Oc2ccc(Oc3[c-]c(-n4[c-][n+](-c5cccc6c7ccccc7n(-c7ccccc7)c56)c5ccccc54)ccc3)[c-]c2N1c1cc(C(C)(C)C)ccn1.[Pt]. The van der Waals surface area contributed by atoms with Crippen LogP contribution in [0.1, 0.15) is 37.5 Å². The van der Waals surface area contributed by atoms with E-state index in [9.17, 15) is 0 Å². The van der Waals surface area contributed by atoms with Gasteiger partial charge in [-0.2, -0.15) is 12.1 Å². The molecule has 0 unspecified atom stereocenters. The van der Waals surface area contributed by atoms with E-state index in [4.69, 9.17) is 14.4 Å². The van der Waals surface area contributed by atoms with E-state index >= 15 is 0 Å². The first-order chi connectivity index (χ1) is 30.2. The molecule has 1 aliphatic rings. The summed E-state index contributed by atoms with van der Waals surface area (Å²) in [6.07, 6.45) is 5.61. The first-order valence-electron chi connectivity index (χ1n) is 21.0. The molecule has 0 saturated carbocycles. The third-order valence-corrected chi connectivity index (χ3v) is 11.9. The molecule has 0 spiro atoms. The minimum atomic E-state index is -0.431. The number of pyridine rings is 1. The number of hydrogen-bond donors (Lipinski definition) is 0. The Hall–Kier alpha value is -6.89. The summed E-state index contributed by atoms with van der Waals surface area (Å²) in [6, 6.07) is 61.6. The molecule has 63 heavy (non-hydrogen) atoms. The largest absolute Gasteiger partial charge is 0.599 e. The van der Waals surface area contributed by atoms with Crippen molar-refractivity contribution in [2.45, 2.75) is 40.0 Å². The zero-order chi connectivity index (χ0) is 42.1. The summed E-state index contributed by atoms with van der Waals surface area (Å²) in [6.45, 7) is 10.9. The number of aromatic nitrogens is 4. The summed E-state index contributed by atoms with van der Waals surface area (Å²) in [4.78, 5) is 7.04. The van der Waals surface area contributed by atoms with Crippen LogP contribution >= 0.6 is 0 Å². The third kappa shape index (κ3) is 6.90. The van der Waals surface area contributed by atoms with Gasteiger partial charge in [0.25, 0.3) is 6.33 Å². The van der Waals surface area contributed by atoms with Gasteiger partial charge in [0.15, 0.2) is 0 Å². The van der Waals surface area contributed by atoms with Crippen LogP contribution in [0, 0.1) is 32.3 Å². The molecule has 0 amide bonds. The molecule has 4 heterocycles. The van der Waals surface area contributed by atoms with E-state index in [0.717, 1.165) is 67.2 Å². The Morgan fingerprint density at radius 1 is 0.683 bits per heavy atom. The number of rotatable bonds is 7. The van der Waals surface area contributed by atoms with Crippen molar-refractivity contribution in [3.8, 4) is 34.3 Å². The second kappa shape index (κ2) is 15.8. The Morgan fingerprint density at radius 2 is 1.38 bits per heavy atom. The van der Waals surface area contributed by atoms with Crippen molar-refractivity contribution in [3.05, 3.63) is 199 Å². The zero-order valence-corrected chi connectivity index (χ0v) is 37.8. The number of anilines is 2. The molecule has 0 radical (unpaired) electrons. The van der Waals surface area contributed by atoms with Gasteiger partial charge < -0.3 is 23.3 Å². The fourth-order valence-corrected chi connectivity index (χ4v) is 8.92. The molecule has 0 saturated heterocycles. The molecule has 0 atom stereocenters. The van der Waals surface area contributed by atoms with Crippen molar-refractivity contribution in [2.75, 3.05) is 4.81 Å². The normalized spacial score (nSPS) is 12.5. The van der Waals surface area contributed by atoms with Crippen molar-refractivity contribution >= 4 is 56.9 Å². The maximum absolute atomic E-state index is 6.77. The first kappa shape index (κ1) is 40.2. The van der Waals surface area contributed by atoms with Crippen LogP contribution in [0.3, 0.4) is 0 Å². The standard InChI is InChI=1S/C54H42BN5O2.Pt/c1-36-16-13-17-37(2)52(36)55-60(51-32-38(30-31-56-51)54(3,4)5)49-34-42(28-29-50(49)62-55)61-41-21-14-20-40(33-41)57-35-58(47-26-12-11-25-46(47)57)48-27-15-23-44-43-22-9-10-24-45(43)59(53(44)48)39-18-7-6-8-19-39;/h6-32H,1-5H3;/q-2;. The van der Waals surface area contributed by atoms with Gasteiger partial charge in [-0.15, -0.1) is 30.3 Å². The van der Waals surface area contributed by atoms with Gasteiger partial charge >= 0.3 is 7.05 Å².